The lowest BCUT2D eigenvalue weighted by atomic mass is 10.1. The average molecular weight is 362 g/mol. The summed E-state index contributed by atoms with van der Waals surface area (Å²) in [4.78, 5) is 20.4. The molecule has 2 rings (SSSR count). The fourth-order valence-electron chi connectivity index (χ4n) is 1.70. The number of carbonyl (C=O) groups is 2. The van der Waals surface area contributed by atoms with Gasteiger partial charge in [-0.05, 0) is 37.6 Å². The molecule has 26 heavy (non-hydrogen) atoms. The van der Waals surface area contributed by atoms with Crippen molar-refractivity contribution in [2.45, 2.75) is 38.9 Å². The van der Waals surface area contributed by atoms with Crippen molar-refractivity contribution in [3.05, 3.63) is 71.8 Å². The summed E-state index contributed by atoms with van der Waals surface area (Å²) in [5, 5.41) is 34.3. The topological polar surface area (TPSA) is 115 Å². The number of aliphatic hydroxyl groups is 2. The Hall–Kier alpha value is -2.70. The van der Waals surface area contributed by atoms with Gasteiger partial charge in [0.2, 0.25) is 0 Å². The third kappa shape index (κ3) is 11.0. The number of benzene rings is 2. The Kier molecular flexibility index (Phi) is 12.2. The van der Waals surface area contributed by atoms with Gasteiger partial charge in [0.15, 0.2) is 0 Å². The number of aliphatic hydroxyl groups excluding tert-OH is 2. The van der Waals surface area contributed by atoms with Gasteiger partial charge in [-0.25, -0.2) is 9.59 Å². The maximum absolute atomic E-state index is 10.2. The molecule has 0 fully saturated rings. The quantitative estimate of drug-likeness (QED) is 0.649. The summed E-state index contributed by atoms with van der Waals surface area (Å²) in [5.74, 6) is -1.76. The van der Waals surface area contributed by atoms with E-state index < -0.39 is 24.1 Å². The van der Waals surface area contributed by atoms with Crippen molar-refractivity contribution < 1.29 is 30.0 Å². The van der Waals surface area contributed by atoms with Gasteiger partial charge in [0.05, 0.1) is 23.3 Å². The molecule has 0 spiro atoms. The molecular formula is C20H26O6. The Morgan fingerprint density at radius 1 is 0.808 bits per heavy atom. The van der Waals surface area contributed by atoms with Crippen molar-refractivity contribution in [1.29, 1.82) is 0 Å². The molecule has 4 N–H and O–H groups in total. The van der Waals surface area contributed by atoms with E-state index in [-0.39, 0.29) is 0 Å². The Bertz CT molecular complexity index is 576. The average Bonchev–Trinajstić information content (AvgIpc) is 2.64. The molecule has 0 aliphatic heterocycles. The molecular weight excluding hydrogens is 336 g/mol. The maximum Gasteiger partial charge on any atom is 0.335 e. The minimum Gasteiger partial charge on any atom is -0.478 e. The van der Waals surface area contributed by atoms with Gasteiger partial charge in [-0.1, -0.05) is 49.7 Å². The van der Waals surface area contributed by atoms with Crippen LogP contribution >= 0.6 is 0 Å². The molecule has 142 valence electrons. The predicted molar refractivity (Wildman–Crippen MR) is 99.4 cm³/mol. The zero-order valence-corrected chi connectivity index (χ0v) is 14.9. The largest absolute Gasteiger partial charge is 0.478 e. The molecule has 0 aliphatic carbocycles. The Morgan fingerprint density at radius 3 is 1.31 bits per heavy atom. The molecule has 2 aromatic carbocycles. The first-order valence-corrected chi connectivity index (χ1v) is 8.22. The lowest BCUT2D eigenvalue weighted by molar-refractivity contribution is 0.0259. The van der Waals surface area contributed by atoms with E-state index in [0.717, 1.165) is 6.42 Å². The molecule has 2 aromatic rings. The summed E-state index contributed by atoms with van der Waals surface area (Å²) in [7, 11) is 0. The normalized spacial score (nSPS) is 11.7. The smallest absolute Gasteiger partial charge is 0.335 e. The van der Waals surface area contributed by atoms with Gasteiger partial charge in [-0.2, -0.15) is 0 Å². The van der Waals surface area contributed by atoms with Crippen LogP contribution in [0.2, 0.25) is 0 Å². The van der Waals surface area contributed by atoms with Crippen LogP contribution in [0.5, 0.6) is 0 Å². The lowest BCUT2D eigenvalue weighted by Gasteiger charge is -2.10. The van der Waals surface area contributed by atoms with Crippen molar-refractivity contribution in [2.24, 2.45) is 0 Å². The highest BCUT2D eigenvalue weighted by molar-refractivity contribution is 5.87. The monoisotopic (exact) mass is 362 g/mol. The molecule has 0 saturated heterocycles. The highest BCUT2D eigenvalue weighted by atomic mass is 16.4. The van der Waals surface area contributed by atoms with Crippen LogP contribution in [0.3, 0.4) is 0 Å². The standard InChI is InChI=1S/2C7H6O2.C6H14O2/c2*8-7(9)6-4-2-1-3-5-6;1-3-4-6(8)5(2)7/h2*1-5H,(H,8,9);5-8H,3-4H2,1-2H3. The number of aromatic carboxylic acids is 2. The van der Waals surface area contributed by atoms with Crippen LogP contribution in [0.4, 0.5) is 0 Å². The lowest BCUT2D eigenvalue weighted by Crippen LogP contribution is -2.21. The Balaban J connectivity index is 0.000000362. The van der Waals surface area contributed by atoms with Gasteiger partial charge in [0.1, 0.15) is 0 Å². The minimum absolute atomic E-state index is 0.331. The highest BCUT2D eigenvalue weighted by Crippen LogP contribution is 2.00. The molecule has 2 unspecified atom stereocenters. The van der Waals surface area contributed by atoms with E-state index in [4.69, 9.17) is 20.4 Å². The third-order valence-corrected chi connectivity index (χ3v) is 3.18. The van der Waals surface area contributed by atoms with E-state index in [1.165, 1.54) is 0 Å². The molecule has 6 heteroatoms. The van der Waals surface area contributed by atoms with Crippen LogP contribution < -0.4 is 0 Å². The first-order chi connectivity index (χ1) is 12.3. The molecule has 0 amide bonds. The SMILES string of the molecule is CCCC(O)C(C)O.O=C(O)c1ccccc1.O=C(O)c1ccccc1. The summed E-state index contributed by atoms with van der Waals surface area (Å²) in [6.45, 7) is 3.58. The molecule has 0 radical (unpaired) electrons. The summed E-state index contributed by atoms with van der Waals surface area (Å²) < 4.78 is 0. The van der Waals surface area contributed by atoms with Gasteiger partial charge in [-0.3, -0.25) is 0 Å². The van der Waals surface area contributed by atoms with Crippen LogP contribution in [0.25, 0.3) is 0 Å². The molecule has 0 saturated carbocycles. The van der Waals surface area contributed by atoms with Gasteiger partial charge >= 0.3 is 11.9 Å². The predicted octanol–water partition coefficient (Wildman–Crippen LogP) is 3.30. The zero-order valence-electron chi connectivity index (χ0n) is 14.9. The molecule has 0 aromatic heterocycles. The van der Waals surface area contributed by atoms with Gasteiger partial charge in [-0.15, -0.1) is 0 Å². The minimum atomic E-state index is -0.879. The number of carboxylic acid groups (broad SMARTS) is 2. The second-order valence-corrected chi connectivity index (χ2v) is 5.44. The van der Waals surface area contributed by atoms with Gasteiger partial charge < -0.3 is 20.4 Å². The van der Waals surface area contributed by atoms with Gasteiger partial charge in [0.25, 0.3) is 0 Å². The van der Waals surface area contributed by atoms with Crippen molar-refractivity contribution in [3.63, 3.8) is 0 Å². The van der Waals surface area contributed by atoms with E-state index in [1.54, 1.807) is 67.6 Å². The first kappa shape index (κ1) is 23.3. The van der Waals surface area contributed by atoms with Crippen LogP contribution in [-0.2, 0) is 0 Å². The second-order valence-electron chi connectivity index (χ2n) is 5.44. The maximum atomic E-state index is 10.2. The van der Waals surface area contributed by atoms with Crippen LogP contribution in [0.1, 0.15) is 47.4 Å². The van der Waals surface area contributed by atoms with E-state index in [0.29, 0.717) is 17.5 Å². The molecule has 6 nitrogen and oxygen atoms in total. The van der Waals surface area contributed by atoms with Crippen LogP contribution in [0.15, 0.2) is 60.7 Å². The Morgan fingerprint density at radius 2 is 1.15 bits per heavy atom. The summed E-state index contributed by atoms with van der Waals surface area (Å²) in [6.07, 6.45) is 0.513. The van der Waals surface area contributed by atoms with Crippen molar-refractivity contribution in [3.8, 4) is 0 Å². The van der Waals surface area contributed by atoms with Crippen molar-refractivity contribution >= 4 is 11.9 Å². The summed E-state index contributed by atoms with van der Waals surface area (Å²) in [6, 6.07) is 16.6. The van der Waals surface area contributed by atoms with Crippen LogP contribution in [0, 0.1) is 0 Å². The molecule has 0 aliphatic rings. The number of hydrogen-bond acceptors (Lipinski definition) is 4. The second kappa shape index (κ2) is 13.6. The zero-order chi connectivity index (χ0) is 19.9. The number of carboxylic acids is 2. The van der Waals surface area contributed by atoms with Crippen LogP contribution in [-0.4, -0.2) is 44.6 Å². The number of hydrogen-bond donors (Lipinski definition) is 4. The van der Waals surface area contributed by atoms with Gasteiger partial charge in [0, 0.05) is 0 Å². The summed E-state index contributed by atoms with van der Waals surface area (Å²) in [5.41, 5.74) is 0.662. The third-order valence-electron chi connectivity index (χ3n) is 3.18. The summed E-state index contributed by atoms with van der Waals surface area (Å²) >= 11 is 0. The Labute approximate surface area is 153 Å². The first-order valence-electron chi connectivity index (χ1n) is 8.22. The highest BCUT2D eigenvalue weighted by Gasteiger charge is 2.07. The molecule has 0 bridgehead atoms. The number of rotatable bonds is 5. The van der Waals surface area contributed by atoms with E-state index >= 15 is 0 Å². The molecule has 0 heterocycles. The van der Waals surface area contributed by atoms with Crippen molar-refractivity contribution in [2.75, 3.05) is 0 Å². The van der Waals surface area contributed by atoms with Crippen molar-refractivity contribution in [1.82, 2.24) is 0 Å². The fraction of sp³-hybridized carbons (Fsp3) is 0.300. The van der Waals surface area contributed by atoms with E-state index in [9.17, 15) is 9.59 Å². The fourth-order valence-corrected chi connectivity index (χ4v) is 1.70. The van der Waals surface area contributed by atoms with E-state index in [1.807, 2.05) is 6.92 Å². The molecule has 2 atom stereocenters. The van der Waals surface area contributed by atoms with E-state index in [2.05, 4.69) is 0 Å².